The molecule has 1 aromatic rings. The molecule has 0 aliphatic rings. The molecule has 92 valence electrons. The van der Waals surface area contributed by atoms with Crippen LogP contribution in [0, 0.1) is 5.92 Å². The van der Waals surface area contributed by atoms with Gasteiger partial charge in [-0.3, -0.25) is 0 Å². The van der Waals surface area contributed by atoms with Gasteiger partial charge in [-0.25, -0.2) is 0 Å². The Hall–Kier alpha value is 0.140. The SMILES string of the molecule is CCCNC(CC)C(C)Cc1ccc(Br)s1. The fraction of sp³-hybridized carbons (Fsp3) is 0.692. The van der Waals surface area contributed by atoms with E-state index < -0.39 is 0 Å². The third kappa shape index (κ3) is 4.56. The zero-order valence-electron chi connectivity index (χ0n) is 10.4. The molecule has 1 aromatic heterocycles. The van der Waals surface area contributed by atoms with Crippen LogP contribution in [0.5, 0.6) is 0 Å². The molecule has 1 heterocycles. The van der Waals surface area contributed by atoms with Crippen LogP contribution >= 0.6 is 27.3 Å². The Labute approximate surface area is 112 Å². The average Bonchev–Trinajstić information content (AvgIpc) is 2.65. The van der Waals surface area contributed by atoms with Crippen LogP contribution in [0.1, 0.15) is 38.5 Å². The predicted molar refractivity (Wildman–Crippen MR) is 77.3 cm³/mol. The van der Waals surface area contributed by atoms with Crippen LogP contribution in [0.4, 0.5) is 0 Å². The van der Waals surface area contributed by atoms with Crippen LogP contribution in [0.2, 0.25) is 0 Å². The van der Waals surface area contributed by atoms with Crippen LogP contribution in [0.25, 0.3) is 0 Å². The molecule has 0 bridgehead atoms. The maximum absolute atomic E-state index is 3.64. The Morgan fingerprint density at radius 2 is 2.12 bits per heavy atom. The summed E-state index contributed by atoms with van der Waals surface area (Å²) in [6, 6.07) is 5.03. The highest BCUT2D eigenvalue weighted by atomic mass is 79.9. The monoisotopic (exact) mass is 303 g/mol. The lowest BCUT2D eigenvalue weighted by Gasteiger charge is -2.23. The third-order valence-electron chi connectivity index (χ3n) is 2.94. The van der Waals surface area contributed by atoms with Crippen molar-refractivity contribution < 1.29 is 0 Å². The summed E-state index contributed by atoms with van der Waals surface area (Å²) in [5.74, 6) is 0.710. The number of rotatable bonds is 7. The van der Waals surface area contributed by atoms with E-state index in [1.807, 2.05) is 11.3 Å². The van der Waals surface area contributed by atoms with Crippen molar-refractivity contribution in [3.63, 3.8) is 0 Å². The topological polar surface area (TPSA) is 12.0 Å². The normalized spacial score (nSPS) is 15.0. The van der Waals surface area contributed by atoms with E-state index >= 15 is 0 Å². The van der Waals surface area contributed by atoms with Crippen LogP contribution in [-0.2, 0) is 6.42 Å². The second-order valence-corrected chi connectivity index (χ2v) is 6.90. The average molecular weight is 304 g/mol. The molecule has 0 spiro atoms. The zero-order chi connectivity index (χ0) is 12.0. The van der Waals surface area contributed by atoms with Gasteiger partial charge in [-0.05, 0) is 59.8 Å². The molecule has 1 nitrogen and oxygen atoms in total. The van der Waals surface area contributed by atoms with Gasteiger partial charge in [0.05, 0.1) is 3.79 Å². The third-order valence-corrected chi connectivity index (χ3v) is 4.58. The summed E-state index contributed by atoms with van der Waals surface area (Å²) in [6.07, 6.45) is 3.62. The van der Waals surface area contributed by atoms with Gasteiger partial charge in [0.15, 0.2) is 0 Å². The highest BCUT2D eigenvalue weighted by Gasteiger charge is 2.15. The van der Waals surface area contributed by atoms with Gasteiger partial charge < -0.3 is 5.32 Å². The van der Waals surface area contributed by atoms with Gasteiger partial charge >= 0.3 is 0 Å². The largest absolute Gasteiger partial charge is 0.314 e. The molecule has 0 amide bonds. The molecular weight excluding hydrogens is 282 g/mol. The highest BCUT2D eigenvalue weighted by molar-refractivity contribution is 9.11. The van der Waals surface area contributed by atoms with Gasteiger partial charge in [-0.1, -0.05) is 20.8 Å². The molecule has 2 unspecified atom stereocenters. The van der Waals surface area contributed by atoms with Crippen molar-refractivity contribution in [3.8, 4) is 0 Å². The van der Waals surface area contributed by atoms with E-state index in [0.717, 1.165) is 6.54 Å². The van der Waals surface area contributed by atoms with Gasteiger partial charge in [-0.2, -0.15) is 0 Å². The van der Waals surface area contributed by atoms with Gasteiger partial charge in [0.25, 0.3) is 0 Å². The molecular formula is C13H22BrNS. The van der Waals surface area contributed by atoms with Gasteiger partial charge in [0, 0.05) is 10.9 Å². The summed E-state index contributed by atoms with van der Waals surface area (Å²) in [6.45, 7) is 7.98. The maximum Gasteiger partial charge on any atom is 0.0701 e. The lowest BCUT2D eigenvalue weighted by atomic mass is 9.95. The zero-order valence-corrected chi connectivity index (χ0v) is 12.8. The summed E-state index contributed by atoms with van der Waals surface area (Å²) in [7, 11) is 0. The quantitative estimate of drug-likeness (QED) is 0.784. The van der Waals surface area contributed by atoms with Gasteiger partial charge in [0.2, 0.25) is 0 Å². The van der Waals surface area contributed by atoms with E-state index in [1.54, 1.807) is 0 Å². The summed E-state index contributed by atoms with van der Waals surface area (Å²) >= 11 is 5.38. The molecule has 0 aliphatic carbocycles. The Morgan fingerprint density at radius 3 is 2.62 bits per heavy atom. The van der Waals surface area contributed by atoms with Crippen molar-refractivity contribution in [2.45, 2.75) is 46.1 Å². The summed E-state index contributed by atoms with van der Waals surface area (Å²) in [4.78, 5) is 1.48. The molecule has 0 fully saturated rings. The molecule has 2 atom stereocenters. The first-order valence-electron chi connectivity index (χ1n) is 6.15. The predicted octanol–water partition coefficient (Wildman–Crippen LogP) is 4.47. The minimum absolute atomic E-state index is 0.654. The molecule has 3 heteroatoms. The van der Waals surface area contributed by atoms with Crippen LogP contribution in [0.15, 0.2) is 15.9 Å². The first kappa shape index (κ1) is 14.2. The number of hydrogen-bond acceptors (Lipinski definition) is 2. The van der Waals surface area contributed by atoms with Crippen LogP contribution in [-0.4, -0.2) is 12.6 Å². The Kier molecular flexibility index (Phi) is 6.62. The van der Waals surface area contributed by atoms with E-state index in [-0.39, 0.29) is 0 Å². The van der Waals surface area contributed by atoms with E-state index in [9.17, 15) is 0 Å². The van der Waals surface area contributed by atoms with Crippen molar-refractivity contribution in [1.29, 1.82) is 0 Å². The second-order valence-electron chi connectivity index (χ2n) is 4.36. The van der Waals surface area contributed by atoms with Crippen molar-refractivity contribution in [3.05, 3.63) is 20.8 Å². The minimum Gasteiger partial charge on any atom is -0.314 e. The lowest BCUT2D eigenvalue weighted by Crippen LogP contribution is -2.35. The molecule has 16 heavy (non-hydrogen) atoms. The molecule has 0 saturated heterocycles. The molecule has 0 radical (unpaired) electrons. The number of halogens is 1. The van der Waals surface area contributed by atoms with Crippen molar-refractivity contribution in [2.75, 3.05) is 6.54 Å². The minimum atomic E-state index is 0.654. The Bertz CT molecular complexity index is 298. The molecule has 1 rings (SSSR count). The Balaban J connectivity index is 2.45. The fourth-order valence-corrected chi connectivity index (χ4v) is 3.62. The lowest BCUT2D eigenvalue weighted by molar-refractivity contribution is 0.366. The van der Waals surface area contributed by atoms with Gasteiger partial charge in [0.1, 0.15) is 0 Å². The standard InChI is InChI=1S/C13H22BrNS/c1-4-8-15-12(5-2)10(3)9-11-6-7-13(14)16-11/h6-7,10,12,15H,4-5,8-9H2,1-3H3. The van der Waals surface area contributed by atoms with Crippen LogP contribution in [0.3, 0.4) is 0 Å². The van der Waals surface area contributed by atoms with E-state index in [0.29, 0.717) is 12.0 Å². The first-order valence-corrected chi connectivity index (χ1v) is 7.75. The van der Waals surface area contributed by atoms with Crippen molar-refractivity contribution in [1.82, 2.24) is 5.32 Å². The number of nitrogens with one attached hydrogen (secondary N) is 1. The first-order chi connectivity index (χ1) is 7.67. The van der Waals surface area contributed by atoms with Crippen molar-refractivity contribution in [2.24, 2.45) is 5.92 Å². The summed E-state index contributed by atoms with van der Waals surface area (Å²) in [5.41, 5.74) is 0. The van der Waals surface area contributed by atoms with Crippen LogP contribution < -0.4 is 5.32 Å². The molecule has 0 aromatic carbocycles. The molecule has 1 N–H and O–H groups in total. The smallest absolute Gasteiger partial charge is 0.0701 e. The summed E-state index contributed by atoms with van der Waals surface area (Å²) in [5, 5.41) is 3.64. The summed E-state index contributed by atoms with van der Waals surface area (Å²) < 4.78 is 1.24. The second kappa shape index (κ2) is 7.46. The van der Waals surface area contributed by atoms with E-state index in [1.165, 1.54) is 27.9 Å². The molecule has 0 saturated carbocycles. The number of thiophene rings is 1. The van der Waals surface area contributed by atoms with Crippen molar-refractivity contribution >= 4 is 27.3 Å². The highest BCUT2D eigenvalue weighted by Crippen LogP contribution is 2.25. The number of hydrogen-bond donors (Lipinski definition) is 1. The fourth-order valence-electron chi connectivity index (χ4n) is 2.00. The van der Waals surface area contributed by atoms with E-state index in [2.05, 4.69) is 54.2 Å². The van der Waals surface area contributed by atoms with Gasteiger partial charge in [-0.15, -0.1) is 11.3 Å². The Morgan fingerprint density at radius 1 is 1.38 bits per heavy atom. The van der Waals surface area contributed by atoms with E-state index in [4.69, 9.17) is 0 Å². The molecule has 0 aliphatic heterocycles. The maximum atomic E-state index is 3.64.